The second-order valence-corrected chi connectivity index (χ2v) is 8.93. The van der Waals surface area contributed by atoms with Gasteiger partial charge in [0.2, 0.25) is 0 Å². The van der Waals surface area contributed by atoms with Gasteiger partial charge in [-0.15, -0.1) is 0 Å². The predicted octanol–water partition coefficient (Wildman–Crippen LogP) is 6.01. The van der Waals surface area contributed by atoms with Crippen molar-refractivity contribution >= 4 is 5.57 Å². The molecule has 0 spiro atoms. The van der Waals surface area contributed by atoms with Gasteiger partial charge in [-0.25, -0.2) is 9.97 Å². The van der Waals surface area contributed by atoms with Gasteiger partial charge in [0.15, 0.2) is 0 Å². The summed E-state index contributed by atoms with van der Waals surface area (Å²) >= 11 is 0. The van der Waals surface area contributed by atoms with E-state index in [1.807, 2.05) is 6.20 Å². The Bertz CT molecular complexity index is 1200. The van der Waals surface area contributed by atoms with Crippen LogP contribution in [0.3, 0.4) is 0 Å². The number of hydrogen-bond acceptors (Lipinski definition) is 4. The quantitative estimate of drug-likeness (QED) is 0.511. The highest BCUT2D eigenvalue weighted by atomic mass is 14.8. The van der Waals surface area contributed by atoms with E-state index in [9.17, 15) is 0 Å². The van der Waals surface area contributed by atoms with Gasteiger partial charge in [-0.1, -0.05) is 49.4 Å². The molecule has 2 aliphatic rings. The number of aryl methyl sites for hydroxylation is 2. The van der Waals surface area contributed by atoms with Crippen molar-refractivity contribution in [2.24, 2.45) is 5.73 Å². The van der Waals surface area contributed by atoms with Crippen molar-refractivity contribution in [1.82, 2.24) is 15.0 Å². The molecule has 0 saturated heterocycles. The number of benzene rings is 1. The third-order valence-corrected chi connectivity index (χ3v) is 6.84. The van der Waals surface area contributed by atoms with Gasteiger partial charge < -0.3 is 5.73 Å². The van der Waals surface area contributed by atoms with Gasteiger partial charge >= 0.3 is 0 Å². The van der Waals surface area contributed by atoms with Crippen LogP contribution in [0, 0.1) is 0 Å². The van der Waals surface area contributed by atoms with Gasteiger partial charge in [-0.05, 0) is 68.2 Å². The molecule has 2 N–H and O–H groups in total. The Balaban J connectivity index is 1.67. The highest BCUT2D eigenvalue weighted by Crippen LogP contribution is 2.41. The van der Waals surface area contributed by atoms with Crippen LogP contribution in [0.25, 0.3) is 28.1 Å². The van der Waals surface area contributed by atoms with Crippen molar-refractivity contribution in [3.63, 3.8) is 0 Å². The summed E-state index contributed by atoms with van der Waals surface area (Å²) in [7, 11) is 0. The van der Waals surface area contributed by atoms with Crippen LogP contribution in [0.15, 0.2) is 61.1 Å². The molecule has 2 aromatic heterocycles. The van der Waals surface area contributed by atoms with Crippen LogP contribution >= 0.6 is 0 Å². The molecule has 1 saturated carbocycles. The van der Waals surface area contributed by atoms with Crippen LogP contribution < -0.4 is 5.73 Å². The van der Waals surface area contributed by atoms with Gasteiger partial charge in [-0.3, -0.25) is 4.98 Å². The number of fused-ring (bicyclic) bond motifs is 3. The van der Waals surface area contributed by atoms with Gasteiger partial charge in [0.05, 0.1) is 17.1 Å². The van der Waals surface area contributed by atoms with Crippen molar-refractivity contribution < 1.29 is 0 Å². The summed E-state index contributed by atoms with van der Waals surface area (Å²) in [5, 5.41) is 0. The molecule has 0 aliphatic heterocycles. The fraction of sp³-hybridized carbons (Fsp3) is 0.321. The Morgan fingerprint density at radius 1 is 1.12 bits per heavy atom. The van der Waals surface area contributed by atoms with Crippen LogP contribution in [0.1, 0.15) is 61.9 Å². The van der Waals surface area contributed by atoms with E-state index in [1.165, 1.54) is 23.1 Å². The van der Waals surface area contributed by atoms with E-state index in [0.717, 1.165) is 65.9 Å². The highest BCUT2D eigenvalue weighted by molar-refractivity contribution is 5.87. The molecule has 0 bridgehead atoms. The maximum atomic E-state index is 6.56. The summed E-state index contributed by atoms with van der Waals surface area (Å²) < 4.78 is 0. The smallest absolute Gasteiger partial charge is 0.116 e. The van der Waals surface area contributed by atoms with E-state index in [1.54, 1.807) is 6.33 Å². The zero-order valence-corrected chi connectivity index (χ0v) is 18.9. The maximum absolute atomic E-state index is 6.56. The predicted molar refractivity (Wildman–Crippen MR) is 131 cm³/mol. The maximum Gasteiger partial charge on any atom is 0.116 e. The number of nitrogens with zero attached hydrogens (tertiary/aromatic N) is 3. The molecule has 2 aliphatic carbocycles. The standard InChI is InChI=1S/C28H30N4/c1-3-6-19(7-4-2)23-16-24-25(13-10-21-17-30-18-31-26(21)24)32-27(23)20-8-11-22(12-9-20)28(29)14-5-15-28/h3,6-9,11-12,16-18H,4-5,10,13-15,29H2,1-2H3. The first kappa shape index (κ1) is 20.8. The molecule has 4 heteroatoms. The van der Waals surface area contributed by atoms with E-state index in [-0.39, 0.29) is 5.54 Å². The first-order valence-corrected chi connectivity index (χ1v) is 11.7. The average Bonchev–Trinajstić information content (AvgIpc) is 2.81. The molecule has 162 valence electrons. The minimum atomic E-state index is -0.147. The molecule has 1 aromatic carbocycles. The van der Waals surface area contributed by atoms with Crippen LogP contribution in [-0.2, 0) is 18.4 Å². The molecule has 0 radical (unpaired) electrons. The number of hydrogen-bond donors (Lipinski definition) is 1. The number of rotatable bonds is 5. The molecule has 0 unspecified atom stereocenters. The number of pyridine rings is 1. The van der Waals surface area contributed by atoms with Crippen molar-refractivity contribution in [2.45, 2.75) is 57.9 Å². The Morgan fingerprint density at radius 2 is 1.94 bits per heavy atom. The summed E-state index contributed by atoms with van der Waals surface area (Å²) in [4.78, 5) is 14.1. The highest BCUT2D eigenvalue weighted by Gasteiger charge is 2.34. The van der Waals surface area contributed by atoms with Crippen molar-refractivity contribution in [3.8, 4) is 22.5 Å². The molecule has 2 heterocycles. The summed E-state index contributed by atoms with van der Waals surface area (Å²) in [6.07, 6.45) is 16.3. The molecule has 0 atom stereocenters. The first-order valence-electron chi connectivity index (χ1n) is 11.7. The minimum absolute atomic E-state index is 0.147. The SMILES string of the molecule is CC=CC(=CCC)c1cc2c(nc1-c1ccc(C3(N)CCC3)cc1)CCc1cncnc1-2. The Morgan fingerprint density at radius 3 is 2.62 bits per heavy atom. The summed E-state index contributed by atoms with van der Waals surface area (Å²) in [5.41, 5.74) is 16.6. The van der Waals surface area contributed by atoms with E-state index in [4.69, 9.17) is 10.7 Å². The van der Waals surface area contributed by atoms with Crippen molar-refractivity contribution in [1.29, 1.82) is 0 Å². The fourth-order valence-corrected chi connectivity index (χ4v) is 4.90. The Kier molecular flexibility index (Phi) is 5.48. The molecule has 1 fully saturated rings. The van der Waals surface area contributed by atoms with E-state index in [2.05, 4.69) is 72.4 Å². The van der Waals surface area contributed by atoms with Crippen molar-refractivity contribution in [3.05, 3.63) is 83.5 Å². The third-order valence-electron chi connectivity index (χ3n) is 6.84. The van der Waals surface area contributed by atoms with Gasteiger partial charge in [-0.2, -0.15) is 0 Å². The third kappa shape index (κ3) is 3.59. The molecular formula is C28H30N4. The van der Waals surface area contributed by atoms with Gasteiger partial charge in [0.25, 0.3) is 0 Å². The van der Waals surface area contributed by atoms with Gasteiger partial charge in [0.1, 0.15) is 6.33 Å². The largest absolute Gasteiger partial charge is 0.321 e. The van der Waals surface area contributed by atoms with E-state index in [0.29, 0.717) is 0 Å². The topological polar surface area (TPSA) is 64.7 Å². The molecule has 5 rings (SSSR count). The Hall–Kier alpha value is -3.11. The van der Waals surface area contributed by atoms with Gasteiger partial charge in [0, 0.05) is 28.4 Å². The lowest BCUT2D eigenvalue weighted by atomic mass is 9.72. The molecule has 0 amide bonds. The minimum Gasteiger partial charge on any atom is -0.321 e. The summed E-state index contributed by atoms with van der Waals surface area (Å²) in [6.45, 7) is 4.23. The lowest BCUT2D eigenvalue weighted by molar-refractivity contribution is 0.253. The monoisotopic (exact) mass is 422 g/mol. The second kappa shape index (κ2) is 8.44. The fourth-order valence-electron chi connectivity index (χ4n) is 4.90. The van der Waals surface area contributed by atoms with E-state index >= 15 is 0 Å². The number of nitrogens with two attached hydrogens (primary N) is 1. The molecule has 3 aromatic rings. The summed E-state index contributed by atoms with van der Waals surface area (Å²) in [5.74, 6) is 0. The first-order chi connectivity index (χ1) is 15.6. The van der Waals surface area contributed by atoms with Crippen LogP contribution in [-0.4, -0.2) is 15.0 Å². The van der Waals surface area contributed by atoms with Crippen LogP contribution in [0.4, 0.5) is 0 Å². The van der Waals surface area contributed by atoms with Crippen LogP contribution in [0.5, 0.6) is 0 Å². The zero-order valence-electron chi connectivity index (χ0n) is 18.9. The number of aromatic nitrogens is 3. The second-order valence-electron chi connectivity index (χ2n) is 8.93. The number of allylic oxidation sites excluding steroid dienone is 4. The summed E-state index contributed by atoms with van der Waals surface area (Å²) in [6, 6.07) is 11.1. The Labute approximate surface area is 190 Å². The molecule has 4 nitrogen and oxygen atoms in total. The zero-order chi connectivity index (χ0) is 22.1. The van der Waals surface area contributed by atoms with Crippen molar-refractivity contribution in [2.75, 3.05) is 0 Å². The molecular weight excluding hydrogens is 392 g/mol. The van der Waals surface area contributed by atoms with Crippen LogP contribution in [0.2, 0.25) is 0 Å². The lowest BCUT2D eigenvalue weighted by Crippen LogP contribution is -2.43. The average molecular weight is 423 g/mol. The lowest BCUT2D eigenvalue weighted by Gasteiger charge is -2.38. The molecule has 32 heavy (non-hydrogen) atoms. The van der Waals surface area contributed by atoms with E-state index < -0.39 is 0 Å². The normalized spacial score (nSPS) is 17.0.